The molecule has 2 heterocycles. The average Bonchev–Trinajstić information content (AvgIpc) is 3.16. The van der Waals surface area contributed by atoms with Gasteiger partial charge in [0.1, 0.15) is 0 Å². The van der Waals surface area contributed by atoms with Crippen molar-refractivity contribution in [3.8, 4) is 22.8 Å². The van der Waals surface area contributed by atoms with Gasteiger partial charge in [0.05, 0.1) is 0 Å². The first-order chi connectivity index (χ1) is 25.7. The van der Waals surface area contributed by atoms with Crippen LogP contribution in [0.3, 0.4) is 0 Å². The quantitative estimate of drug-likeness (QED) is 0.0631. The summed E-state index contributed by atoms with van der Waals surface area (Å²) < 4.78 is 2.40. The van der Waals surface area contributed by atoms with Crippen LogP contribution in [0.1, 0.15) is 11.1 Å². The fourth-order valence-electron chi connectivity index (χ4n) is 5.51. The molecule has 6 rings (SSSR count). The Morgan fingerprint density at radius 3 is 1.60 bits per heavy atom. The average molecular weight is 726 g/mol. The van der Waals surface area contributed by atoms with Crippen molar-refractivity contribution >= 4 is 114 Å². The number of aliphatic hydroxyl groups is 2. The monoisotopic (exact) mass is 725 g/mol. The van der Waals surface area contributed by atoms with E-state index in [1.54, 1.807) is 4.90 Å². The molecule has 0 spiro atoms. The summed E-state index contributed by atoms with van der Waals surface area (Å²) in [6, 6.07) is 29.7. The van der Waals surface area contributed by atoms with Gasteiger partial charge in [-0.05, 0) is 0 Å². The molecule has 0 aliphatic rings. The Bertz CT molecular complexity index is 2220. The van der Waals surface area contributed by atoms with E-state index in [1.165, 1.54) is 5.63 Å². The third kappa shape index (κ3) is 9.96. The van der Waals surface area contributed by atoms with E-state index >= 15 is 0 Å². The number of likely N-dealkylation sites (N-methyl/N-ethyl adjacent to an activating group) is 2. The molecule has 4 aromatic carbocycles. The van der Waals surface area contributed by atoms with E-state index in [0.29, 0.717) is 59.9 Å². The standard InChI is InChI=1S/C38H37N11O2.2Na/c1-48(22-24-50)37-44-33(42-35(46-37)40-30-8-4-3-5-9-30)28-18-14-26(15-19-28)12-13-27-16-20-29(21-17-27)34-43-36(41-32-11-7-6-10-31(32)39)47-38(45-34)49(2)23-25-51;;/h3-14,16,18-21,50-51H,22-25,39H2,1-2H3,(H,40,42,44,46)(H,41,43,45,47);;. The predicted molar refractivity (Wildman–Crippen MR) is 215 cm³/mol. The van der Waals surface area contributed by atoms with Gasteiger partial charge < -0.3 is 0 Å². The van der Waals surface area contributed by atoms with Crippen molar-refractivity contribution in [3.63, 3.8) is 0 Å². The Labute approximate surface area is 343 Å². The summed E-state index contributed by atoms with van der Waals surface area (Å²) in [6.07, 6.45) is 4.30. The molecule has 0 atom stereocenters. The van der Waals surface area contributed by atoms with E-state index in [0.717, 1.165) is 83.8 Å². The van der Waals surface area contributed by atoms with Gasteiger partial charge in [0.2, 0.25) is 0 Å². The van der Waals surface area contributed by atoms with Gasteiger partial charge in [-0.1, -0.05) is 0 Å². The van der Waals surface area contributed by atoms with Crippen molar-refractivity contribution in [1.29, 1.82) is 0 Å². The van der Waals surface area contributed by atoms with E-state index in [9.17, 15) is 10.2 Å². The Balaban J connectivity index is 1.25. The molecule has 0 fully saturated rings. The maximum absolute atomic E-state index is 9.54. The summed E-state index contributed by atoms with van der Waals surface area (Å²) in [4.78, 5) is 31.8. The van der Waals surface area contributed by atoms with Crippen LogP contribution < -0.4 is 31.8 Å². The number of para-hydroxylation sites is 3. The van der Waals surface area contributed by atoms with Crippen LogP contribution in [0.2, 0.25) is 0 Å². The minimum absolute atomic E-state index is 0.0139. The molecule has 0 aliphatic carbocycles. The number of nitrogens with zero attached hydrogens (tertiary/aromatic N) is 8. The number of nitrogen functional groups attached to an aromatic ring is 1. The molecule has 0 amide bonds. The summed E-state index contributed by atoms with van der Waals surface area (Å²) in [7, 11) is 3.68. The Kier molecular flexibility index (Phi) is 13.0. The molecule has 0 saturated carbocycles. The van der Waals surface area contributed by atoms with Gasteiger partial charge in [-0.25, -0.2) is 0 Å². The first kappa shape index (κ1) is 38.3. The van der Waals surface area contributed by atoms with Crippen molar-refractivity contribution in [2.75, 3.05) is 66.6 Å². The molecule has 6 N–H and O–H groups in total. The van der Waals surface area contributed by atoms with Gasteiger partial charge in [-0.15, -0.1) is 0 Å². The summed E-state index contributed by atoms with van der Waals surface area (Å²) in [5, 5.41) is 25.6. The minimum atomic E-state index is -0.0308. The molecule has 258 valence electrons. The van der Waals surface area contributed by atoms with Crippen LogP contribution in [-0.4, -0.2) is 136 Å². The molecular weight excluding hydrogens is 688 g/mol. The fraction of sp³-hybridized carbons (Fsp3) is 0.158. The molecule has 2 aromatic heterocycles. The number of aromatic nitrogens is 6. The van der Waals surface area contributed by atoms with Crippen LogP contribution in [0.5, 0.6) is 0 Å². The number of rotatable bonds is 14. The van der Waals surface area contributed by atoms with Gasteiger partial charge in [0, 0.05) is 0 Å². The second-order valence-corrected chi connectivity index (χ2v) is 14.7. The Morgan fingerprint density at radius 2 is 1.11 bits per heavy atom. The maximum atomic E-state index is 9.54. The van der Waals surface area contributed by atoms with Gasteiger partial charge in [-0.2, -0.15) is 0 Å². The molecule has 0 aliphatic heterocycles. The first-order valence-electron chi connectivity index (χ1n) is 17.2. The molecule has 0 radical (unpaired) electrons. The zero-order valence-electron chi connectivity index (χ0n) is 30.2. The fourth-order valence-corrected chi connectivity index (χ4v) is 6.79. The third-order valence-corrected chi connectivity index (χ3v) is 10.3. The number of nitrogens with two attached hydrogens (primary N) is 1. The number of nitrogens with one attached hydrogen (secondary N) is 2. The van der Waals surface area contributed by atoms with Crippen molar-refractivity contribution in [1.82, 2.24) is 29.9 Å². The summed E-state index contributed by atoms with van der Waals surface area (Å²) >= 11 is 1.62. The number of hydrogen-bond donors (Lipinski definition) is 5. The normalized spacial score (nSPS) is 11.2. The first-order valence-corrected chi connectivity index (χ1v) is 19.2. The van der Waals surface area contributed by atoms with Gasteiger partial charge in [0.15, 0.2) is 0 Å². The second-order valence-electron chi connectivity index (χ2n) is 12.5. The van der Waals surface area contributed by atoms with E-state index in [4.69, 9.17) is 25.7 Å². The Hall–Kier alpha value is -4.44. The molecule has 13 nitrogen and oxygen atoms in total. The summed E-state index contributed by atoms with van der Waals surface area (Å²) in [5.74, 6) is 2.79. The van der Waals surface area contributed by atoms with Crippen LogP contribution in [0, 0.1) is 0 Å². The second kappa shape index (κ2) is 18.1. The number of hydrogen-bond acceptors (Lipinski definition) is 13. The summed E-state index contributed by atoms with van der Waals surface area (Å²) in [6.45, 7) is 0.727. The molecule has 15 heteroatoms. The predicted octanol–water partition coefficient (Wildman–Crippen LogP) is 3.08. The SMILES string of the molecule is CN(CCO)c1nc(Nc2ccccc2)nc(-c2ccc(C=Cc3ccc(-c4nc(Nc5ccccc5N)nc(N(C)CCO)n4)c[c]3[Na])[c]([Na])c2)n1. The van der Waals surface area contributed by atoms with Crippen LogP contribution in [-0.2, 0) is 0 Å². The Morgan fingerprint density at radius 1 is 0.623 bits per heavy atom. The molecule has 0 bridgehead atoms. The van der Waals surface area contributed by atoms with Crippen LogP contribution >= 0.6 is 0 Å². The number of benzene rings is 4. The van der Waals surface area contributed by atoms with Gasteiger partial charge in [0.25, 0.3) is 0 Å². The van der Waals surface area contributed by atoms with Crippen LogP contribution in [0.15, 0.2) is 91.0 Å². The molecule has 0 unspecified atom stereocenters. The van der Waals surface area contributed by atoms with E-state index in [2.05, 4.69) is 57.0 Å². The molecule has 53 heavy (non-hydrogen) atoms. The third-order valence-electron chi connectivity index (χ3n) is 8.54. The molecule has 0 saturated heterocycles. The van der Waals surface area contributed by atoms with E-state index < -0.39 is 0 Å². The van der Waals surface area contributed by atoms with Crippen molar-refractivity contribution in [3.05, 3.63) is 102 Å². The van der Waals surface area contributed by atoms with Gasteiger partial charge >= 0.3 is 346 Å². The molecular formula is C38H37N11Na2O2. The van der Waals surface area contributed by atoms with Crippen molar-refractivity contribution < 1.29 is 10.2 Å². The summed E-state index contributed by atoms with van der Waals surface area (Å²) in [5.41, 5.74) is 12.3. The van der Waals surface area contributed by atoms with Crippen LogP contribution in [0.25, 0.3) is 34.9 Å². The van der Waals surface area contributed by atoms with Gasteiger partial charge in [-0.3, -0.25) is 0 Å². The molecule has 6 aromatic rings. The van der Waals surface area contributed by atoms with E-state index in [-0.39, 0.29) is 13.2 Å². The topological polar surface area (TPSA) is 174 Å². The van der Waals surface area contributed by atoms with Crippen molar-refractivity contribution in [2.24, 2.45) is 0 Å². The van der Waals surface area contributed by atoms with Crippen molar-refractivity contribution in [2.45, 2.75) is 0 Å². The zero-order chi connectivity index (χ0) is 37.3. The van der Waals surface area contributed by atoms with Crippen LogP contribution in [0.4, 0.5) is 40.9 Å². The van der Waals surface area contributed by atoms with E-state index in [1.807, 2.05) is 85.7 Å². The number of anilines is 7. The zero-order valence-corrected chi connectivity index (χ0v) is 34.2. The number of aliphatic hydroxyl groups excluding tert-OH is 2.